The third kappa shape index (κ3) is 4.61. The zero-order chi connectivity index (χ0) is 22.6. The van der Waals surface area contributed by atoms with Gasteiger partial charge in [0, 0.05) is 28.3 Å². The molecule has 0 bridgehead atoms. The quantitative estimate of drug-likeness (QED) is 0.391. The summed E-state index contributed by atoms with van der Waals surface area (Å²) in [4.78, 5) is 12.7. The van der Waals surface area contributed by atoms with Crippen molar-refractivity contribution in [3.05, 3.63) is 101 Å². The number of carbonyl (C=O) groups is 1. The summed E-state index contributed by atoms with van der Waals surface area (Å²) in [5, 5.41) is 11.1. The van der Waals surface area contributed by atoms with Gasteiger partial charge in [-0.3, -0.25) is 9.89 Å². The average Bonchev–Trinajstić information content (AvgIpc) is 3.18. The van der Waals surface area contributed by atoms with Gasteiger partial charge >= 0.3 is 0 Å². The number of nitrogens with zero attached hydrogens (tertiary/aromatic N) is 1. The monoisotopic (exact) mass is 435 g/mol. The number of H-pyrrole nitrogens is 1. The van der Waals surface area contributed by atoms with E-state index < -0.39 is 0 Å². The molecular formula is C29H29N3O. The van der Waals surface area contributed by atoms with E-state index in [-0.39, 0.29) is 11.9 Å². The molecule has 33 heavy (non-hydrogen) atoms. The molecule has 0 aliphatic heterocycles. The normalized spacial score (nSPS) is 13.5. The summed E-state index contributed by atoms with van der Waals surface area (Å²) in [6.45, 7) is 2.06. The van der Waals surface area contributed by atoms with Crippen LogP contribution in [0.4, 0.5) is 0 Å². The minimum Gasteiger partial charge on any atom is -0.350 e. The van der Waals surface area contributed by atoms with Crippen molar-refractivity contribution in [2.45, 2.75) is 45.1 Å². The minimum absolute atomic E-state index is 0.0307. The Morgan fingerprint density at radius 3 is 2.55 bits per heavy atom. The Morgan fingerprint density at radius 1 is 0.970 bits per heavy atom. The number of aromatic nitrogens is 2. The number of carbonyl (C=O) groups excluding carboxylic acids is 1. The highest BCUT2D eigenvalue weighted by atomic mass is 16.1. The lowest BCUT2D eigenvalue weighted by Crippen LogP contribution is -2.32. The third-order valence-electron chi connectivity index (χ3n) is 6.53. The van der Waals surface area contributed by atoms with E-state index in [0.717, 1.165) is 49.1 Å². The van der Waals surface area contributed by atoms with Crippen molar-refractivity contribution in [1.82, 2.24) is 15.5 Å². The molecule has 0 radical (unpaired) electrons. The van der Waals surface area contributed by atoms with Crippen LogP contribution >= 0.6 is 0 Å². The molecule has 2 N–H and O–H groups in total. The second kappa shape index (κ2) is 9.45. The van der Waals surface area contributed by atoms with E-state index in [2.05, 4.69) is 71.0 Å². The first-order valence-corrected chi connectivity index (χ1v) is 11.8. The highest BCUT2D eigenvalue weighted by Gasteiger charge is 2.21. The molecule has 5 rings (SSSR count). The van der Waals surface area contributed by atoms with Crippen molar-refractivity contribution in [3.63, 3.8) is 0 Å². The number of hydrogen-bond acceptors (Lipinski definition) is 2. The average molecular weight is 436 g/mol. The zero-order valence-electron chi connectivity index (χ0n) is 19.0. The van der Waals surface area contributed by atoms with Crippen molar-refractivity contribution in [2.24, 2.45) is 0 Å². The first kappa shape index (κ1) is 21.2. The molecule has 1 aromatic heterocycles. The molecular weight excluding hydrogens is 406 g/mol. The van der Waals surface area contributed by atoms with Crippen molar-refractivity contribution in [3.8, 4) is 22.5 Å². The van der Waals surface area contributed by atoms with E-state index in [9.17, 15) is 4.79 Å². The van der Waals surface area contributed by atoms with E-state index in [0.29, 0.717) is 5.56 Å². The third-order valence-corrected chi connectivity index (χ3v) is 6.53. The minimum atomic E-state index is -0.0307. The van der Waals surface area contributed by atoms with Gasteiger partial charge in [-0.15, -0.1) is 0 Å². The molecule has 166 valence electrons. The number of fused-ring (bicyclic) bond motifs is 3. The lowest BCUT2D eigenvalue weighted by Gasteiger charge is -2.14. The summed E-state index contributed by atoms with van der Waals surface area (Å²) >= 11 is 0. The van der Waals surface area contributed by atoms with Crippen LogP contribution in [0.2, 0.25) is 0 Å². The van der Waals surface area contributed by atoms with Gasteiger partial charge in [-0.05, 0) is 62.3 Å². The van der Waals surface area contributed by atoms with Crippen molar-refractivity contribution in [2.75, 3.05) is 0 Å². The maximum absolute atomic E-state index is 12.7. The Hall–Kier alpha value is -3.66. The zero-order valence-corrected chi connectivity index (χ0v) is 19.0. The Kier molecular flexibility index (Phi) is 6.07. The number of nitrogens with one attached hydrogen (secondary N) is 2. The first-order chi connectivity index (χ1) is 16.2. The van der Waals surface area contributed by atoms with Crippen molar-refractivity contribution in [1.29, 1.82) is 0 Å². The molecule has 0 saturated heterocycles. The largest absolute Gasteiger partial charge is 0.350 e. The molecule has 1 unspecified atom stereocenters. The molecule has 1 amide bonds. The van der Waals surface area contributed by atoms with Crippen LogP contribution in [0.15, 0.2) is 78.9 Å². The van der Waals surface area contributed by atoms with Gasteiger partial charge in [0.15, 0.2) is 0 Å². The summed E-state index contributed by atoms with van der Waals surface area (Å²) in [7, 11) is 0. The fraction of sp³-hybridized carbons (Fsp3) is 0.241. The Morgan fingerprint density at radius 2 is 1.73 bits per heavy atom. The molecule has 1 aliphatic carbocycles. The molecule has 1 aliphatic rings. The predicted molar refractivity (Wildman–Crippen MR) is 133 cm³/mol. The molecule has 0 saturated carbocycles. The SMILES string of the molecule is CC(CCc1ccccc1)NC(=O)c1ccc(-c2n[nH]c3c2CCCc2ccccc2-3)cc1. The highest BCUT2D eigenvalue weighted by Crippen LogP contribution is 2.36. The summed E-state index contributed by atoms with van der Waals surface area (Å²) in [6.07, 6.45) is 5.05. The first-order valence-electron chi connectivity index (χ1n) is 11.8. The number of hydrogen-bond donors (Lipinski definition) is 2. The van der Waals surface area contributed by atoms with E-state index in [4.69, 9.17) is 0 Å². The van der Waals surface area contributed by atoms with E-state index >= 15 is 0 Å². The molecule has 4 nitrogen and oxygen atoms in total. The molecule has 0 fully saturated rings. The van der Waals surface area contributed by atoms with Gasteiger partial charge in [0.2, 0.25) is 0 Å². The molecule has 4 aromatic rings. The fourth-order valence-electron chi connectivity index (χ4n) is 4.69. The maximum Gasteiger partial charge on any atom is 0.251 e. The van der Waals surface area contributed by atoms with Crippen LogP contribution in [0.5, 0.6) is 0 Å². The smallest absolute Gasteiger partial charge is 0.251 e. The lowest BCUT2D eigenvalue weighted by atomic mass is 9.99. The van der Waals surface area contributed by atoms with Gasteiger partial charge in [-0.25, -0.2) is 0 Å². The fourth-order valence-corrected chi connectivity index (χ4v) is 4.69. The standard InChI is InChI=1S/C29H29N3O/c1-20(14-15-21-8-3-2-4-9-21)30-29(33)24-18-16-23(17-19-24)27-26-13-7-11-22-10-5-6-12-25(22)28(26)32-31-27/h2-6,8-10,12,16-20H,7,11,13-15H2,1H3,(H,30,33)(H,31,32). The van der Waals surface area contributed by atoms with Crippen molar-refractivity contribution >= 4 is 5.91 Å². The van der Waals surface area contributed by atoms with E-state index in [1.807, 2.05) is 30.3 Å². The number of aromatic amines is 1. The van der Waals surface area contributed by atoms with Gasteiger partial charge in [0.25, 0.3) is 5.91 Å². The Bertz CT molecular complexity index is 1240. The number of rotatable bonds is 6. The van der Waals surface area contributed by atoms with Gasteiger partial charge in [0.1, 0.15) is 0 Å². The van der Waals surface area contributed by atoms with Gasteiger partial charge in [-0.2, -0.15) is 5.10 Å². The highest BCUT2D eigenvalue weighted by molar-refractivity contribution is 5.95. The predicted octanol–water partition coefficient (Wildman–Crippen LogP) is 5.98. The van der Waals surface area contributed by atoms with Crippen LogP contribution in [0.25, 0.3) is 22.5 Å². The second-order valence-corrected chi connectivity index (χ2v) is 8.91. The second-order valence-electron chi connectivity index (χ2n) is 8.91. The van der Waals surface area contributed by atoms with Crippen LogP contribution in [0, 0.1) is 0 Å². The molecule has 1 atom stereocenters. The van der Waals surface area contributed by atoms with E-state index in [1.54, 1.807) is 0 Å². The van der Waals surface area contributed by atoms with Crippen LogP contribution in [-0.2, 0) is 19.3 Å². The summed E-state index contributed by atoms with van der Waals surface area (Å²) in [5.74, 6) is -0.0307. The lowest BCUT2D eigenvalue weighted by molar-refractivity contribution is 0.0938. The Labute approximate surface area is 195 Å². The Balaban J connectivity index is 1.28. The van der Waals surface area contributed by atoms with Crippen molar-refractivity contribution < 1.29 is 4.79 Å². The molecule has 1 heterocycles. The van der Waals surface area contributed by atoms with Crippen LogP contribution in [0.3, 0.4) is 0 Å². The maximum atomic E-state index is 12.7. The van der Waals surface area contributed by atoms with Crippen LogP contribution in [-0.4, -0.2) is 22.1 Å². The summed E-state index contributed by atoms with van der Waals surface area (Å²) < 4.78 is 0. The van der Waals surface area contributed by atoms with Gasteiger partial charge < -0.3 is 5.32 Å². The van der Waals surface area contributed by atoms with Crippen LogP contribution < -0.4 is 5.32 Å². The molecule has 3 aromatic carbocycles. The topological polar surface area (TPSA) is 57.8 Å². The molecule has 4 heteroatoms. The number of aryl methyl sites for hydroxylation is 2. The van der Waals surface area contributed by atoms with Crippen LogP contribution in [0.1, 0.15) is 46.8 Å². The number of benzene rings is 3. The van der Waals surface area contributed by atoms with E-state index in [1.165, 1.54) is 22.3 Å². The van der Waals surface area contributed by atoms with Gasteiger partial charge in [-0.1, -0.05) is 66.7 Å². The molecule has 0 spiro atoms. The number of amides is 1. The summed E-state index contributed by atoms with van der Waals surface area (Å²) in [5.41, 5.74) is 9.04. The van der Waals surface area contributed by atoms with Gasteiger partial charge in [0.05, 0.1) is 11.4 Å². The summed E-state index contributed by atoms with van der Waals surface area (Å²) in [6, 6.07) is 26.9.